The standard InChI is InChI=1S/C20H22N6O2S/c1-2-21-20(27)16-10-15-17(29-16)19(26-6-8-28-9-7-26)24-18(23-15)12-4-3-5-14-13(12)11-22-25-14/h3-5,11,16H,2,6-10H2,1H3,(H,21,27)(H,22,25). The molecule has 0 saturated carbocycles. The lowest BCUT2D eigenvalue weighted by Crippen LogP contribution is -2.37. The fourth-order valence-electron chi connectivity index (χ4n) is 3.81. The summed E-state index contributed by atoms with van der Waals surface area (Å²) in [4.78, 5) is 25.6. The molecule has 2 aromatic heterocycles. The molecule has 0 aliphatic carbocycles. The number of carbonyl (C=O) groups is 1. The van der Waals surface area contributed by atoms with Gasteiger partial charge in [0.1, 0.15) is 5.82 Å². The van der Waals surface area contributed by atoms with Crippen LogP contribution < -0.4 is 10.2 Å². The highest BCUT2D eigenvalue weighted by molar-refractivity contribution is 8.01. The summed E-state index contributed by atoms with van der Waals surface area (Å²) < 4.78 is 5.53. The molecule has 4 heterocycles. The Labute approximate surface area is 172 Å². The number of aromatic nitrogens is 4. The quantitative estimate of drug-likeness (QED) is 0.679. The fourth-order valence-corrected chi connectivity index (χ4v) is 5.07. The minimum Gasteiger partial charge on any atom is -0.378 e. The van der Waals surface area contributed by atoms with Gasteiger partial charge in [0, 0.05) is 37.0 Å². The molecule has 8 nitrogen and oxygen atoms in total. The summed E-state index contributed by atoms with van der Waals surface area (Å²) in [6.07, 6.45) is 2.42. The van der Waals surface area contributed by atoms with Crippen LogP contribution in [0.4, 0.5) is 5.82 Å². The molecular weight excluding hydrogens is 388 g/mol. The zero-order chi connectivity index (χ0) is 19.8. The Morgan fingerprint density at radius 3 is 3.03 bits per heavy atom. The fraction of sp³-hybridized carbons (Fsp3) is 0.400. The Morgan fingerprint density at radius 2 is 2.21 bits per heavy atom. The van der Waals surface area contributed by atoms with E-state index in [1.165, 1.54) is 0 Å². The van der Waals surface area contributed by atoms with E-state index in [2.05, 4.69) is 20.4 Å². The van der Waals surface area contributed by atoms with Crippen LogP contribution in [0.5, 0.6) is 0 Å². The van der Waals surface area contributed by atoms with Crippen LogP contribution >= 0.6 is 11.8 Å². The average molecular weight is 411 g/mol. The van der Waals surface area contributed by atoms with Crippen LogP contribution in [0.2, 0.25) is 0 Å². The highest BCUT2D eigenvalue weighted by atomic mass is 32.2. The van der Waals surface area contributed by atoms with Crippen molar-refractivity contribution in [2.24, 2.45) is 0 Å². The molecule has 5 rings (SSSR count). The van der Waals surface area contributed by atoms with Gasteiger partial charge in [0.15, 0.2) is 5.82 Å². The number of aromatic amines is 1. The van der Waals surface area contributed by atoms with Crippen molar-refractivity contribution in [3.05, 3.63) is 30.1 Å². The first-order chi connectivity index (χ1) is 14.2. The van der Waals surface area contributed by atoms with Crippen molar-refractivity contribution < 1.29 is 9.53 Å². The van der Waals surface area contributed by atoms with Crippen LogP contribution in [0, 0.1) is 0 Å². The number of hydrogen-bond donors (Lipinski definition) is 2. The van der Waals surface area contributed by atoms with Gasteiger partial charge in [-0.2, -0.15) is 5.10 Å². The molecule has 1 aromatic carbocycles. The number of anilines is 1. The van der Waals surface area contributed by atoms with Gasteiger partial charge in [-0.1, -0.05) is 12.1 Å². The van der Waals surface area contributed by atoms with Crippen LogP contribution in [-0.4, -0.2) is 64.2 Å². The summed E-state index contributed by atoms with van der Waals surface area (Å²) in [6.45, 7) is 5.48. The van der Waals surface area contributed by atoms with Gasteiger partial charge < -0.3 is 15.0 Å². The van der Waals surface area contributed by atoms with Crippen LogP contribution in [0.1, 0.15) is 12.6 Å². The van der Waals surface area contributed by atoms with Gasteiger partial charge in [0.2, 0.25) is 5.91 Å². The van der Waals surface area contributed by atoms with Crippen molar-refractivity contribution in [2.45, 2.75) is 23.5 Å². The lowest BCUT2D eigenvalue weighted by atomic mass is 10.1. The molecule has 1 saturated heterocycles. The largest absolute Gasteiger partial charge is 0.378 e. The van der Waals surface area contributed by atoms with Gasteiger partial charge in [-0.15, -0.1) is 11.8 Å². The molecule has 9 heteroatoms. The molecule has 1 fully saturated rings. The molecule has 2 aliphatic heterocycles. The second-order valence-electron chi connectivity index (χ2n) is 7.09. The van der Waals surface area contributed by atoms with Crippen molar-refractivity contribution in [3.63, 3.8) is 0 Å². The number of fused-ring (bicyclic) bond motifs is 2. The van der Waals surface area contributed by atoms with E-state index in [0.29, 0.717) is 32.0 Å². The molecule has 1 atom stereocenters. The Kier molecular flexibility index (Phi) is 4.84. The molecule has 1 amide bonds. The first-order valence-electron chi connectivity index (χ1n) is 9.85. The number of morpholine rings is 1. The van der Waals surface area contributed by atoms with Crippen molar-refractivity contribution >= 4 is 34.4 Å². The minimum atomic E-state index is -0.168. The minimum absolute atomic E-state index is 0.0573. The normalized spacial score (nSPS) is 18.8. The third kappa shape index (κ3) is 3.34. The molecule has 1 unspecified atom stereocenters. The van der Waals surface area contributed by atoms with Crippen LogP contribution in [0.15, 0.2) is 29.3 Å². The van der Waals surface area contributed by atoms with Crippen molar-refractivity contribution in [3.8, 4) is 11.4 Å². The first kappa shape index (κ1) is 18.4. The maximum absolute atomic E-state index is 12.5. The highest BCUT2D eigenvalue weighted by Gasteiger charge is 2.34. The molecule has 0 bridgehead atoms. The number of hydrogen-bond acceptors (Lipinski definition) is 7. The molecule has 29 heavy (non-hydrogen) atoms. The number of nitrogens with zero attached hydrogens (tertiary/aromatic N) is 4. The summed E-state index contributed by atoms with van der Waals surface area (Å²) in [7, 11) is 0. The number of H-pyrrole nitrogens is 1. The summed E-state index contributed by atoms with van der Waals surface area (Å²) in [5, 5.41) is 10.9. The number of nitrogens with one attached hydrogen (secondary N) is 2. The van der Waals surface area contributed by atoms with Gasteiger partial charge >= 0.3 is 0 Å². The zero-order valence-electron chi connectivity index (χ0n) is 16.1. The lowest BCUT2D eigenvalue weighted by Gasteiger charge is -2.29. The molecule has 0 radical (unpaired) electrons. The lowest BCUT2D eigenvalue weighted by molar-refractivity contribution is -0.120. The number of ether oxygens (including phenoxy) is 1. The van der Waals surface area contributed by atoms with E-state index in [1.807, 2.05) is 31.3 Å². The van der Waals surface area contributed by atoms with E-state index in [9.17, 15) is 4.79 Å². The van der Waals surface area contributed by atoms with Gasteiger partial charge in [0.05, 0.1) is 40.8 Å². The molecule has 3 aromatic rings. The molecule has 150 valence electrons. The predicted octanol–water partition coefficient (Wildman–Crippen LogP) is 2.01. The number of amides is 1. The van der Waals surface area contributed by atoms with Crippen molar-refractivity contribution in [1.29, 1.82) is 0 Å². The van der Waals surface area contributed by atoms with Gasteiger partial charge in [-0.25, -0.2) is 9.97 Å². The molecular formula is C20H22N6O2S. The average Bonchev–Trinajstić information content (AvgIpc) is 3.40. The van der Waals surface area contributed by atoms with Crippen molar-refractivity contribution in [2.75, 3.05) is 37.7 Å². The second-order valence-corrected chi connectivity index (χ2v) is 8.30. The summed E-state index contributed by atoms with van der Waals surface area (Å²) in [5.74, 6) is 1.64. The monoisotopic (exact) mass is 410 g/mol. The Balaban J connectivity index is 1.60. The van der Waals surface area contributed by atoms with E-state index >= 15 is 0 Å². The zero-order valence-corrected chi connectivity index (χ0v) is 17.0. The summed E-state index contributed by atoms with van der Waals surface area (Å²) in [5.41, 5.74) is 2.84. The van der Waals surface area contributed by atoms with Gasteiger partial charge in [0.25, 0.3) is 0 Å². The SMILES string of the molecule is CCNC(=O)C1Cc2nc(-c3cccc4[nH]ncc34)nc(N3CCOCC3)c2S1. The highest BCUT2D eigenvalue weighted by Crippen LogP contribution is 2.43. The van der Waals surface area contributed by atoms with E-state index in [0.717, 1.165) is 46.0 Å². The van der Waals surface area contributed by atoms with Crippen LogP contribution in [-0.2, 0) is 16.0 Å². The Hall–Kier alpha value is -2.65. The predicted molar refractivity (Wildman–Crippen MR) is 112 cm³/mol. The smallest absolute Gasteiger partial charge is 0.233 e. The summed E-state index contributed by atoms with van der Waals surface area (Å²) in [6, 6.07) is 5.99. The number of benzene rings is 1. The Morgan fingerprint density at radius 1 is 1.34 bits per heavy atom. The van der Waals surface area contributed by atoms with Gasteiger partial charge in [-0.3, -0.25) is 9.89 Å². The van der Waals surface area contributed by atoms with E-state index in [4.69, 9.17) is 14.7 Å². The Bertz CT molecular complexity index is 1060. The first-order valence-corrected chi connectivity index (χ1v) is 10.7. The number of rotatable bonds is 4. The second kappa shape index (κ2) is 7.64. The van der Waals surface area contributed by atoms with Crippen LogP contribution in [0.3, 0.4) is 0 Å². The summed E-state index contributed by atoms with van der Waals surface area (Å²) >= 11 is 1.58. The topological polar surface area (TPSA) is 96.0 Å². The maximum Gasteiger partial charge on any atom is 0.233 e. The third-order valence-electron chi connectivity index (χ3n) is 5.24. The number of carbonyl (C=O) groups excluding carboxylic acids is 1. The van der Waals surface area contributed by atoms with Gasteiger partial charge in [-0.05, 0) is 13.0 Å². The number of thioether (sulfide) groups is 1. The molecule has 2 aliphatic rings. The van der Waals surface area contributed by atoms with E-state index in [1.54, 1.807) is 11.8 Å². The van der Waals surface area contributed by atoms with Crippen molar-refractivity contribution in [1.82, 2.24) is 25.5 Å². The molecule has 2 N–H and O–H groups in total. The van der Waals surface area contributed by atoms with Crippen LogP contribution in [0.25, 0.3) is 22.3 Å². The maximum atomic E-state index is 12.5. The third-order valence-corrected chi connectivity index (χ3v) is 6.56. The van der Waals surface area contributed by atoms with E-state index in [-0.39, 0.29) is 11.2 Å². The molecule has 0 spiro atoms. The van der Waals surface area contributed by atoms with E-state index < -0.39 is 0 Å².